The lowest BCUT2D eigenvalue weighted by molar-refractivity contribution is -0.133. The van der Waals surface area contributed by atoms with E-state index in [9.17, 15) is 9.59 Å². The molecule has 2 aromatic rings. The Kier molecular flexibility index (Phi) is 6.72. The van der Waals surface area contributed by atoms with Crippen LogP contribution in [0.3, 0.4) is 0 Å². The molecule has 1 saturated heterocycles. The fourth-order valence-electron chi connectivity index (χ4n) is 3.45. The molecular formula is C22H27N3O4. The van der Waals surface area contributed by atoms with Crippen LogP contribution in [0.4, 0.5) is 0 Å². The smallest absolute Gasteiger partial charge is 0.254 e. The summed E-state index contributed by atoms with van der Waals surface area (Å²) in [5, 5.41) is 0. The first-order chi connectivity index (χ1) is 14.0. The van der Waals surface area contributed by atoms with Gasteiger partial charge in [-0.3, -0.25) is 9.59 Å². The van der Waals surface area contributed by atoms with Crippen LogP contribution in [0.2, 0.25) is 0 Å². The van der Waals surface area contributed by atoms with Gasteiger partial charge in [-0.15, -0.1) is 0 Å². The number of amides is 2. The molecule has 2 amide bonds. The molecule has 1 aliphatic rings. The van der Waals surface area contributed by atoms with Gasteiger partial charge in [0.25, 0.3) is 5.91 Å². The van der Waals surface area contributed by atoms with Crippen molar-refractivity contribution >= 4 is 11.8 Å². The zero-order valence-electron chi connectivity index (χ0n) is 16.8. The summed E-state index contributed by atoms with van der Waals surface area (Å²) in [5.74, 6) is 1.02. The molecule has 154 valence electrons. The Hall–Kier alpha value is -3.06. The number of ether oxygens (including phenoxy) is 2. The van der Waals surface area contributed by atoms with Crippen molar-refractivity contribution < 1.29 is 19.1 Å². The molecule has 0 radical (unpaired) electrons. The summed E-state index contributed by atoms with van der Waals surface area (Å²) in [5.41, 5.74) is 7.65. The Balaban J connectivity index is 1.56. The molecule has 1 atom stereocenters. The number of piperazine rings is 1. The lowest BCUT2D eigenvalue weighted by atomic mass is 10.0. The zero-order valence-corrected chi connectivity index (χ0v) is 16.8. The number of rotatable bonds is 6. The molecule has 0 aromatic heterocycles. The van der Waals surface area contributed by atoms with Gasteiger partial charge in [-0.1, -0.05) is 30.3 Å². The summed E-state index contributed by atoms with van der Waals surface area (Å²) in [6, 6.07) is 14.4. The molecule has 7 heteroatoms. The van der Waals surface area contributed by atoms with Crippen LogP contribution in [0.5, 0.6) is 11.5 Å². The Bertz CT molecular complexity index is 848. The number of hydrogen-bond donors (Lipinski definition) is 1. The second-order valence-electron chi connectivity index (χ2n) is 6.96. The average Bonchev–Trinajstić information content (AvgIpc) is 2.78. The summed E-state index contributed by atoms with van der Waals surface area (Å²) < 4.78 is 10.5. The predicted molar refractivity (Wildman–Crippen MR) is 110 cm³/mol. The van der Waals surface area contributed by atoms with Gasteiger partial charge in [-0.2, -0.15) is 0 Å². The lowest BCUT2D eigenvalue weighted by Gasteiger charge is -2.35. The maximum atomic E-state index is 12.8. The molecule has 2 aromatic carbocycles. The quantitative estimate of drug-likeness (QED) is 0.807. The Morgan fingerprint density at radius 3 is 2.17 bits per heavy atom. The number of carbonyl (C=O) groups excluding carboxylic acids is 2. The van der Waals surface area contributed by atoms with Gasteiger partial charge in [0.2, 0.25) is 5.91 Å². The monoisotopic (exact) mass is 397 g/mol. The highest BCUT2D eigenvalue weighted by atomic mass is 16.5. The molecule has 0 bridgehead atoms. The summed E-state index contributed by atoms with van der Waals surface area (Å²) in [4.78, 5) is 28.9. The highest BCUT2D eigenvalue weighted by Gasteiger charge is 2.26. The molecule has 3 rings (SSSR count). The van der Waals surface area contributed by atoms with Crippen LogP contribution in [-0.4, -0.2) is 62.0 Å². The second-order valence-corrected chi connectivity index (χ2v) is 6.96. The van der Waals surface area contributed by atoms with Crippen LogP contribution in [0.1, 0.15) is 28.4 Å². The largest absolute Gasteiger partial charge is 0.493 e. The van der Waals surface area contributed by atoms with Gasteiger partial charge in [0.15, 0.2) is 11.5 Å². The third-order valence-corrected chi connectivity index (χ3v) is 5.17. The molecule has 2 N–H and O–H groups in total. The molecular weight excluding hydrogens is 370 g/mol. The van der Waals surface area contributed by atoms with Crippen molar-refractivity contribution in [3.8, 4) is 11.5 Å². The lowest BCUT2D eigenvalue weighted by Crippen LogP contribution is -2.51. The van der Waals surface area contributed by atoms with Gasteiger partial charge in [-0.25, -0.2) is 0 Å². The van der Waals surface area contributed by atoms with Crippen LogP contribution in [-0.2, 0) is 4.79 Å². The molecule has 29 heavy (non-hydrogen) atoms. The minimum absolute atomic E-state index is 0.0135. The van der Waals surface area contributed by atoms with E-state index >= 15 is 0 Å². The Labute approximate surface area is 171 Å². The number of hydrogen-bond acceptors (Lipinski definition) is 5. The molecule has 0 aliphatic carbocycles. The van der Waals surface area contributed by atoms with Gasteiger partial charge in [0, 0.05) is 44.2 Å². The number of nitrogens with two attached hydrogens (primary N) is 1. The van der Waals surface area contributed by atoms with E-state index in [0.29, 0.717) is 43.2 Å². The van der Waals surface area contributed by atoms with Crippen molar-refractivity contribution in [1.29, 1.82) is 0 Å². The van der Waals surface area contributed by atoms with E-state index < -0.39 is 0 Å². The minimum atomic E-state index is -0.324. The van der Waals surface area contributed by atoms with Crippen LogP contribution in [0.15, 0.2) is 48.5 Å². The van der Waals surface area contributed by atoms with Gasteiger partial charge in [0.05, 0.1) is 14.2 Å². The molecule has 7 nitrogen and oxygen atoms in total. The van der Waals surface area contributed by atoms with E-state index in [1.165, 1.54) is 7.11 Å². The number of nitrogens with zero attached hydrogens (tertiary/aromatic N) is 2. The first-order valence-electron chi connectivity index (χ1n) is 9.63. The summed E-state index contributed by atoms with van der Waals surface area (Å²) in [6.45, 7) is 1.97. The van der Waals surface area contributed by atoms with Crippen molar-refractivity contribution in [2.75, 3.05) is 40.4 Å². The van der Waals surface area contributed by atoms with Gasteiger partial charge in [-0.05, 0) is 23.8 Å². The molecule has 0 saturated carbocycles. The first kappa shape index (κ1) is 20.7. The molecule has 1 aliphatic heterocycles. The first-order valence-corrected chi connectivity index (χ1v) is 9.63. The standard InChI is InChI=1S/C22H27N3O4/c1-28-19-9-8-17(14-20(19)29-2)22(27)25-12-10-24(11-13-25)21(26)15-18(23)16-6-4-3-5-7-16/h3-9,14,18H,10-13,15,23H2,1-2H3. The van der Waals surface area contributed by atoms with Crippen molar-refractivity contribution in [3.05, 3.63) is 59.7 Å². The van der Waals surface area contributed by atoms with Crippen molar-refractivity contribution in [2.24, 2.45) is 5.73 Å². The number of benzene rings is 2. The highest BCUT2D eigenvalue weighted by molar-refractivity contribution is 5.95. The maximum absolute atomic E-state index is 12.8. The normalized spacial score (nSPS) is 15.0. The van der Waals surface area contributed by atoms with E-state index in [4.69, 9.17) is 15.2 Å². The molecule has 0 spiro atoms. The zero-order chi connectivity index (χ0) is 20.8. The highest BCUT2D eigenvalue weighted by Crippen LogP contribution is 2.28. The predicted octanol–water partition coefficient (Wildman–Crippen LogP) is 2.08. The van der Waals surface area contributed by atoms with E-state index in [-0.39, 0.29) is 24.3 Å². The van der Waals surface area contributed by atoms with Crippen LogP contribution in [0, 0.1) is 0 Å². The molecule has 1 unspecified atom stereocenters. The van der Waals surface area contributed by atoms with E-state index in [0.717, 1.165) is 5.56 Å². The fourth-order valence-corrected chi connectivity index (χ4v) is 3.45. The SMILES string of the molecule is COc1ccc(C(=O)N2CCN(C(=O)CC(N)c3ccccc3)CC2)cc1OC. The van der Waals surface area contributed by atoms with Gasteiger partial charge in [0.1, 0.15) is 0 Å². The summed E-state index contributed by atoms with van der Waals surface area (Å²) in [6.07, 6.45) is 0.258. The molecule has 1 fully saturated rings. The van der Waals surface area contributed by atoms with Gasteiger partial charge < -0.3 is 25.0 Å². The Morgan fingerprint density at radius 2 is 1.55 bits per heavy atom. The van der Waals surface area contributed by atoms with E-state index in [1.54, 1.807) is 35.1 Å². The van der Waals surface area contributed by atoms with Gasteiger partial charge >= 0.3 is 0 Å². The average molecular weight is 397 g/mol. The topological polar surface area (TPSA) is 85.1 Å². The second kappa shape index (κ2) is 9.43. The van der Waals surface area contributed by atoms with Crippen LogP contribution < -0.4 is 15.2 Å². The van der Waals surface area contributed by atoms with Crippen molar-refractivity contribution in [1.82, 2.24) is 9.80 Å². The summed E-state index contributed by atoms with van der Waals surface area (Å²) in [7, 11) is 3.09. The van der Waals surface area contributed by atoms with Crippen molar-refractivity contribution in [2.45, 2.75) is 12.5 Å². The Morgan fingerprint density at radius 1 is 0.931 bits per heavy atom. The van der Waals surface area contributed by atoms with Crippen LogP contribution in [0.25, 0.3) is 0 Å². The third-order valence-electron chi connectivity index (χ3n) is 5.17. The fraction of sp³-hybridized carbons (Fsp3) is 0.364. The third kappa shape index (κ3) is 4.86. The van der Waals surface area contributed by atoms with Crippen molar-refractivity contribution in [3.63, 3.8) is 0 Å². The van der Waals surface area contributed by atoms with E-state index in [1.807, 2.05) is 30.3 Å². The van der Waals surface area contributed by atoms with Crippen LogP contribution >= 0.6 is 0 Å². The minimum Gasteiger partial charge on any atom is -0.493 e. The number of methoxy groups -OCH3 is 2. The molecule has 1 heterocycles. The maximum Gasteiger partial charge on any atom is 0.254 e. The summed E-state index contributed by atoms with van der Waals surface area (Å²) >= 11 is 0. The van der Waals surface area contributed by atoms with E-state index in [2.05, 4.69) is 0 Å². The number of carbonyl (C=O) groups is 2.